The second-order valence-electron chi connectivity index (χ2n) is 3.25. The largest absolute Gasteiger partial charge is 0.349 e. The molecule has 0 bridgehead atoms. The molecule has 0 aliphatic carbocycles. The molecule has 13 heavy (non-hydrogen) atoms. The van der Waals surface area contributed by atoms with Crippen molar-refractivity contribution >= 4 is 5.96 Å². The molecule has 0 heterocycles. The van der Waals surface area contributed by atoms with Gasteiger partial charge in [-0.2, -0.15) is 0 Å². The van der Waals surface area contributed by atoms with E-state index in [9.17, 15) is 4.39 Å². The standard InChI is InChI=1S/C9H20FN3/c1-6-7-8(10)13(5)9(11-2)12(3)4/h8H,6-7H2,1-5H3. The van der Waals surface area contributed by atoms with Crippen LogP contribution < -0.4 is 0 Å². The Bertz CT molecular complexity index is 168. The van der Waals surface area contributed by atoms with Crippen LogP contribution in [0.4, 0.5) is 4.39 Å². The summed E-state index contributed by atoms with van der Waals surface area (Å²) in [7, 11) is 7.11. The molecule has 78 valence electrons. The van der Waals surface area contributed by atoms with Crippen LogP contribution in [0.3, 0.4) is 0 Å². The third-order valence-corrected chi connectivity index (χ3v) is 1.86. The maximum Gasteiger partial charge on any atom is 0.197 e. The van der Waals surface area contributed by atoms with E-state index < -0.39 is 6.30 Å². The van der Waals surface area contributed by atoms with Crippen LogP contribution in [0.2, 0.25) is 0 Å². The van der Waals surface area contributed by atoms with Crippen molar-refractivity contribution < 1.29 is 4.39 Å². The van der Waals surface area contributed by atoms with Gasteiger partial charge in [-0.15, -0.1) is 0 Å². The van der Waals surface area contributed by atoms with Crippen LogP contribution in [-0.4, -0.2) is 50.2 Å². The minimum Gasteiger partial charge on any atom is -0.349 e. The maximum atomic E-state index is 13.4. The fourth-order valence-corrected chi connectivity index (χ4v) is 1.23. The minimum atomic E-state index is -0.939. The Hall–Kier alpha value is -0.800. The molecule has 0 aromatic rings. The van der Waals surface area contributed by atoms with Crippen molar-refractivity contribution in [1.82, 2.24) is 9.80 Å². The van der Waals surface area contributed by atoms with Crippen molar-refractivity contribution in [3.63, 3.8) is 0 Å². The van der Waals surface area contributed by atoms with Crippen molar-refractivity contribution in [1.29, 1.82) is 0 Å². The minimum absolute atomic E-state index is 0.545. The van der Waals surface area contributed by atoms with E-state index in [1.54, 1.807) is 19.0 Å². The average molecular weight is 189 g/mol. The monoisotopic (exact) mass is 189 g/mol. The molecule has 0 saturated heterocycles. The Balaban J connectivity index is 4.29. The fourth-order valence-electron chi connectivity index (χ4n) is 1.23. The molecular weight excluding hydrogens is 169 g/mol. The van der Waals surface area contributed by atoms with E-state index in [2.05, 4.69) is 4.99 Å². The van der Waals surface area contributed by atoms with Crippen LogP contribution >= 0.6 is 0 Å². The van der Waals surface area contributed by atoms with Gasteiger partial charge < -0.3 is 9.80 Å². The van der Waals surface area contributed by atoms with Crippen LogP contribution in [-0.2, 0) is 0 Å². The average Bonchev–Trinajstić information content (AvgIpc) is 2.05. The first-order valence-corrected chi connectivity index (χ1v) is 4.55. The molecule has 0 rings (SSSR count). The lowest BCUT2D eigenvalue weighted by molar-refractivity contribution is 0.154. The number of aliphatic imine (C=N–C) groups is 1. The predicted molar refractivity (Wildman–Crippen MR) is 54.6 cm³/mol. The van der Waals surface area contributed by atoms with E-state index in [0.29, 0.717) is 12.4 Å². The Labute approximate surface area is 80.2 Å². The summed E-state index contributed by atoms with van der Waals surface area (Å²) in [4.78, 5) is 7.39. The van der Waals surface area contributed by atoms with Crippen molar-refractivity contribution in [2.24, 2.45) is 4.99 Å². The number of nitrogens with zero attached hydrogens (tertiary/aromatic N) is 3. The molecule has 0 aromatic heterocycles. The Morgan fingerprint density at radius 1 is 1.38 bits per heavy atom. The third kappa shape index (κ3) is 3.61. The van der Waals surface area contributed by atoms with Gasteiger partial charge in [0.25, 0.3) is 0 Å². The van der Waals surface area contributed by atoms with Gasteiger partial charge in [-0.1, -0.05) is 13.3 Å². The van der Waals surface area contributed by atoms with Crippen molar-refractivity contribution in [2.75, 3.05) is 28.2 Å². The Morgan fingerprint density at radius 3 is 2.23 bits per heavy atom. The Morgan fingerprint density at radius 2 is 1.92 bits per heavy atom. The number of rotatable bonds is 3. The lowest BCUT2D eigenvalue weighted by Gasteiger charge is -2.28. The molecule has 1 atom stereocenters. The molecule has 0 aliphatic rings. The highest BCUT2D eigenvalue weighted by atomic mass is 19.1. The molecule has 3 nitrogen and oxygen atoms in total. The van der Waals surface area contributed by atoms with Gasteiger partial charge in [0, 0.05) is 28.2 Å². The van der Waals surface area contributed by atoms with E-state index >= 15 is 0 Å². The topological polar surface area (TPSA) is 18.8 Å². The van der Waals surface area contributed by atoms with Gasteiger partial charge in [0.15, 0.2) is 12.3 Å². The second kappa shape index (κ2) is 5.78. The highest BCUT2D eigenvalue weighted by Gasteiger charge is 2.16. The van der Waals surface area contributed by atoms with E-state index in [1.165, 1.54) is 0 Å². The molecule has 0 spiro atoms. The summed E-state index contributed by atoms with van der Waals surface area (Å²) in [6.07, 6.45) is 0.449. The molecule has 0 saturated carbocycles. The van der Waals surface area contributed by atoms with Crippen LogP contribution in [0, 0.1) is 0 Å². The van der Waals surface area contributed by atoms with Crippen LogP contribution in [0.25, 0.3) is 0 Å². The normalized spacial score (nSPS) is 14.2. The van der Waals surface area contributed by atoms with Gasteiger partial charge in [0.05, 0.1) is 0 Å². The van der Waals surface area contributed by atoms with Crippen molar-refractivity contribution in [3.8, 4) is 0 Å². The number of hydrogen-bond donors (Lipinski definition) is 0. The molecule has 0 radical (unpaired) electrons. The summed E-state index contributed by atoms with van der Waals surface area (Å²) in [5, 5.41) is 0. The SMILES string of the molecule is CCCC(F)N(C)C(=NC)N(C)C. The summed E-state index contributed by atoms with van der Waals surface area (Å²) in [6, 6.07) is 0. The van der Waals surface area contributed by atoms with Crippen molar-refractivity contribution in [2.45, 2.75) is 26.1 Å². The van der Waals surface area contributed by atoms with Gasteiger partial charge in [0.1, 0.15) is 0 Å². The third-order valence-electron chi connectivity index (χ3n) is 1.86. The number of hydrogen-bond acceptors (Lipinski definition) is 1. The van der Waals surface area contributed by atoms with Gasteiger partial charge in [-0.05, 0) is 6.42 Å². The van der Waals surface area contributed by atoms with Gasteiger partial charge in [0.2, 0.25) is 0 Å². The summed E-state index contributed by atoms with van der Waals surface area (Å²) in [5.41, 5.74) is 0. The highest BCUT2D eigenvalue weighted by molar-refractivity contribution is 5.79. The second-order valence-corrected chi connectivity index (χ2v) is 3.25. The zero-order chi connectivity index (χ0) is 10.4. The molecule has 0 aromatic carbocycles. The number of guanidine groups is 1. The molecule has 0 amide bonds. The molecule has 0 fully saturated rings. The first-order valence-electron chi connectivity index (χ1n) is 4.55. The summed E-state index contributed by atoms with van der Waals surface area (Å²) in [5.74, 6) is 0.668. The molecule has 1 unspecified atom stereocenters. The molecular formula is C9H20FN3. The molecule has 0 N–H and O–H groups in total. The van der Waals surface area contributed by atoms with Gasteiger partial charge in [-0.3, -0.25) is 4.99 Å². The van der Waals surface area contributed by atoms with E-state index in [4.69, 9.17) is 0 Å². The lowest BCUT2D eigenvalue weighted by Crippen LogP contribution is -2.42. The van der Waals surface area contributed by atoms with E-state index in [0.717, 1.165) is 6.42 Å². The zero-order valence-corrected chi connectivity index (χ0v) is 9.21. The van der Waals surface area contributed by atoms with Crippen molar-refractivity contribution in [3.05, 3.63) is 0 Å². The predicted octanol–water partition coefficient (Wildman–Crippen LogP) is 1.56. The summed E-state index contributed by atoms with van der Waals surface area (Å²) >= 11 is 0. The van der Waals surface area contributed by atoms with Gasteiger partial charge in [-0.25, -0.2) is 4.39 Å². The number of alkyl halides is 1. The van der Waals surface area contributed by atoms with Crippen LogP contribution in [0.15, 0.2) is 4.99 Å². The highest BCUT2D eigenvalue weighted by Crippen LogP contribution is 2.07. The van der Waals surface area contributed by atoms with Gasteiger partial charge >= 0.3 is 0 Å². The quantitative estimate of drug-likeness (QED) is 0.381. The fraction of sp³-hybridized carbons (Fsp3) is 0.889. The van der Waals surface area contributed by atoms with Crippen LogP contribution in [0.1, 0.15) is 19.8 Å². The number of halogens is 1. The van der Waals surface area contributed by atoms with Crippen LogP contribution in [0.5, 0.6) is 0 Å². The molecule has 0 aliphatic heterocycles. The van der Waals surface area contributed by atoms with E-state index in [1.807, 2.05) is 25.9 Å². The summed E-state index contributed by atoms with van der Waals surface area (Å²) < 4.78 is 13.4. The summed E-state index contributed by atoms with van der Waals surface area (Å²) in [6.45, 7) is 1.97. The zero-order valence-electron chi connectivity index (χ0n) is 9.21. The first-order chi connectivity index (χ1) is 6.04. The Kier molecular flexibility index (Phi) is 5.42. The van der Waals surface area contributed by atoms with E-state index in [-0.39, 0.29) is 0 Å². The molecule has 4 heteroatoms. The smallest absolute Gasteiger partial charge is 0.197 e. The first kappa shape index (κ1) is 12.2. The maximum absolute atomic E-state index is 13.4. The lowest BCUT2D eigenvalue weighted by atomic mass is 10.3.